The summed E-state index contributed by atoms with van der Waals surface area (Å²) in [6.45, 7) is -0.667. The molecule has 0 aromatic heterocycles. The Morgan fingerprint density at radius 1 is 1.36 bits per heavy atom. The van der Waals surface area contributed by atoms with E-state index in [1.807, 2.05) is 0 Å². The Balaban J connectivity index is 3.80. The topological polar surface area (TPSA) is 118 Å². The van der Waals surface area contributed by atoms with Gasteiger partial charge in [-0.25, -0.2) is 0 Å². The molecule has 7 nitrogen and oxygen atoms in total. The molecule has 0 bridgehead atoms. The molecule has 4 N–H and O–H groups in total. The highest BCUT2D eigenvalue weighted by atomic mass is 32.2. The van der Waals surface area contributed by atoms with Crippen LogP contribution >= 0.6 is 0 Å². The molecule has 0 aromatic carbocycles. The molecule has 0 saturated carbocycles. The highest BCUT2D eigenvalue weighted by Gasteiger charge is 2.15. The second-order valence-corrected chi connectivity index (χ2v) is 3.45. The monoisotopic (exact) mass is 187 g/mol. The molecule has 0 aromatic rings. The Kier molecular flexibility index (Phi) is 3.86. The Morgan fingerprint density at radius 2 is 1.82 bits per heavy atom. The predicted octanol–water partition coefficient (Wildman–Crippen LogP) is -1.68. The Labute approximate surface area is 63.1 Å². The molecule has 0 aliphatic heterocycles. The molecule has 0 fully saturated rings. The third-order valence-corrected chi connectivity index (χ3v) is 1.58. The second-order valence-electron chi connectivity index (χ2n) is 1.96. The van der Waals surface area contributed by atoms with Crippen LogP contribution in [0.2, 0.25) is 0 Å². The van der Waals surface area contributed by atoms with Crippen LogP contribution in [0.15, 0.2) is 0 Å². The Bertz CT molecular complexity index is 198. The van der Waals surface area contributed by atoms with Gasteiger partial charge in [-0.2, -0.15) is 8.42 Å². The maximum absolute atomic E-state index is 10.0. The second kappa shape index (κ2) is 3.95. The number of hydrogen-bond donors (Lipinski definition) is 4. The van der Waals surface area contributed by atoms with Crippen LogP contribution in [0.3, 0.4) is 0 Å². The third-order valence-electron chi connectivity index (χ3n) is 0.777. The summed E-state index contributed by atoms with van der Waals surface area (Å²) >= 11 is 0. The number of hydrogen-bond acceptors (Lipinski definition) is 6. The van der Waals surface area contributed by atoms with Crippen LogP contribution < -0.4 is 0 Å². The summed E-state index contributed by atoms with van der Waals surface area (Å²) in [5, 5.41) is 24.4. The maximum Gasteiger partial charge on any atom is 0.267 e. The van der Waals surface area contributed by atoms with Crippen molar-refractivity contribution in [2.45, 2.75) is 6.10 Å². The average molecular weight is 187 g/mol. The largest absolute Gasteiger partial charge is 0.390 e. The first-order valence-electron chi connectivity index (χ1n) is 2.60. The van der Waals surface area contributed by atoms with E-state index in [9.17, 15) is 8.42 Å². The predicted molar refractivity (Wildman–Crippen MR) is 32.7 cm³/mol. The van der Waals surface area contributed by atoms with Crippen molar-refractivity contribution in [2.24, 2.45) is 0 Å². The molecule has 0 heterocycles. The van der Waals surface area contributed by atoms with E-state index in [2.05, 4.69) is 0 Å². The Morgan fingerprint density at radius 3 is 2.09 bits per heavy atom. The van der Waals surface area contributed by atoms with Gasteiger partial charge in [-0.05, 0) is 0 Å². The maximum atomic E-state index is 10.0. The van der Waals surface area contributed by atoms with Gasteiger partial charge in [0.15, 0.2) is 0 Å². The van der Waals surface area contributed by atoms with Gasteiger partial charge in [0.1, 0.15) is 5.75 Å². The summed E-state index contributed by atoms with van der Waals surface area (Å²) in [6, 6.07) is 0. The SMILES string of the molecule is O=S(=O)(O)CC(O)CN(O)O. The van der Waals surface area contributed by atoms with Gasteiger partial charge < -0.3 is 5.11 Å². The number of aliphatic hydroxyl groups is 1. The molecule has 68 valence electrons. The first kappa shape index (κ1) is 10.8. The van der Waals surface area contributed by atoms with Gasteiger partial charge in [0.2, 0.25) is 0 Å². The number of rotatable bonds is 4. The van der Waals surface area contributed by atoms with Crippen molar-refractivity contribution >= 4 is 10.1 Å². The highest BCUT2D eigenvalue weighted by molar-refractivity contribution is 7.85. The summed E-state index contributed by atoms with van der Waals surface area (Å²) < 4.78 is 28.2. The van der Waals surface area contributed by atoms with Gasteiger partial charge >= 0.3 is 0 Å². The molecule has 0 aliphatic rings. The highest BCUT2D eigenvalue weighted by Crippen LogP contribution is 1.91. The smallest absolute Gasteiger partial charge is 0.267 e. The minimum Gasteiger partial charge on any atom is -0.390 e. The van der Waals surface area contributed by atoms with E-state index in [1.54, 1.807) is 0 Å². The molecule has 0 radical (unpaired) electrons. The van der Waals surface area contributed by atoms with Crippen LogP contribution in [0.1, 0.15) is 0 Å². The van der Waals surface area contributed by atoms with Gasteiger partial charge in [-0.1, -0.05) is 5.23 Å². The lowest BCUT2D eigenvalue weighted by Gasteiger charge is -2.10. The van der Waals surface area contributed by atoms with Crippen molar-refractivity contribution in [1.82, 2.24) is 5.23 Å². The van der Waals surface area contributed by atoms with Crippen molar-refractivity contribution in [3.63, 3.8) is 0 Å². The zero-order valence-corrected chi connectivity index (χ0v) is 6.27. The van der Waals surface area contributed by atoms with Gasteiger partial charge in [0, 0.05) is 0 Å². The Hall–Kier alpha value is -0.250. The summed E-state index contributed by atoms with van der Waals surface area (Å²) in [4.78, 5) is 0. The van der Waals surface area contributed by atoms with E-state index in [0.29, 0.717) is 0 Å². The minimum atomic E-state index is -4.27. The first-order valence-corrected chi connectivity index (χ1v) is 4.20. The van der Waals surface area contributed by atoms with Gasteiger partial charge in [-0.3, -0.25) is 15.0 Å². The van der Waals surface area contributed by atoms with Crippen molar-refractivity contribution in [1.29, 1.82) is 0 Å². The standard InChI is InChI=1S/C3H9NO6S/c5-3(1-4(6)7)2-11(8,9)10/h3,5-7H,1-2H2,(H,8,9,10). The molecule has 0 amide bonds. The molecule has 0 rings (SSSR count). The molecule has 1 unspecified atom stereocenters. The summed E-state index contributed by atoms with van der Waals surface area (Å²) in [5.74, 6) is -0.926. The van der Waals surface area contributed by atoms with Gasteiger partial charge in [0.05, 0.1) is 12.6 Å². The van der Waals surface area contributed by atoms with Crippen molar-refractivity contribution < 1.29 is 28.5 Å². The van der Waals surface area contributed by atoms with Crippen LogP contribution in [0.25, 0.3) is 0 Å². The van der Waals surface area contributed by atoms with Gasteiger partial charge in [0.25, 0.3) is 10.1 Å². The van der Waals surface area contributed by atoms with E-state index in [0.717, 1.165) is 0 Å². The zero-order chi connectivity index (χ0) is 9.07. The van der Waals surface area contributed by atoms with Crippen molar-refractivity contribution in [2.75, 3.05) is 12.3 Å². The van der Waals surface area contributed by atoms with E-state index in [-0.39, 0.29) is 5.23 Å². The lowest BCUT2D eigenvalue weighted by Crippen LogP contribution is -2.32. The van der Waals surface area contributed by atoms with Crippen LogP contribution in [0.4, 0.5) is 0 Å². The molecule has 0 spiro atoms. The van der Waals surface area contributed by atoms with Crippen molar-refractivity contribution in [3.05, 3.63) is 0 Å². The zero-order valence-electron chi connectivity index (χ0n) is 5.45. The fourth-order valence-corrected chi connectivity index (χ4v) is 1.08. The minimum absolute atomic E-state index is 0.365. The molecule has 0 saturated heterocycles. The molecule has 8 heteroatoms. The third kappa shape index (κ3) is 7.65. The molecular weight excluding hydrogens is 178 g/mol. The van der Waals surface area contributed by atoms with Crippen molar-refractivity contribution in [3.8, 4) is 0 Å². The van der Waals surface area contributed by atoms with Crippen LogP contribution in [-0.2, 0) is 10.1 Å². The van der Waals surface area contributed by atoms with E-state index in [1.165, 1.54) is 0 Å². The van der Waals surface area contributed by atoms with Crippen LogP contribution in [0, 0.1) is 0 Å². The van der Waals surface area contributed by atoms with Crippen LogP contribution in [-0.4, -0.2) is 52.1 Å². The van der Waals surface area contributed by atoms with E-state index >= 15 is 0 Å². The number of hydroxylamine groups is 2. The fraction of sp³-hybridized carbons (Fsp3) is 1.00. The number of aliphatic hydroxyl groups excluding tert-OH is 1. The first-order chi connectivity index (χ1) is 4.81. The van der Waals surface area contributed by atoms with Crippen LogP contribution in [0.5, 0.6) is 0 Å². The normalized spacial score (nSPS) is 15.4. The molecule has 0 aliphatic carbocycles. The summed E-state index contributed by atoms with van der Waals surface area (Å²) in [5.41, 5.74) is 0. The fourth-order valence-electron chi connectivity index (χ4n) is 0.484. The lowest BCUT2D eigenvalue weighted by molar-refractivity contribution is -0.314. The molecule has 11 heavy (non-hydrogen) atoms. The average Bonchev–Trinajstić information content (AvgIpc) is 1.53. The summed E-state index contributed by atoms with van der Waals surface area (Å²) in [7, 11) is -4.27. The molecular formula is C3H9NO6S. The van der Waals surface area contributed by atoms with E-state index in [4.69, 9.17) is 20.1 Å². The number of nitrogens with zero attached hydrogens (tertiary/aromatic N) is 1. The summed E-state index contributed by atoms with van der Waals surface area (Å²) in [6.07, 6.45) is -1.53. The lowest BCUT2D eigenvalue weighted by atomic mass is 10.4. The van der Waals surface area contributed by atoms with Gasteiger partial charge in [-0.15, -0.1) is 0 Å². The quantitative estimate of drug-likeness (QED) is 0.306. The van der Waals surface area contributed by atoms with E-state index < -0.39 is 28.5 Å². The molecule has 1 atom stereocenters.